The summed E-state index contributed by atoms with van der Waals surface area (Å²) >= 11 is 5.96. The molecule has 1 aliphatic rings. The first kappa shape index (κ1) is 20.2. The molecular formula is C14H20Cl2N2O4S. The van der Waals surface area contributed by atoms with E-state index in [4.69, 9.17) is 17.3 Å². The van der Waals surface area contributed by atoms with Gasteiger partial charge in [0.15, 0.2) is 0 Å². The summed E-state index contributed by atoms with van der Waals surface area (Å²) in [5, 5.41) is 0.0420. The number of hydrogen-bond acceptors (Lipinski definition) is 5. The zero-order chi connectivity index (χ0) is 16.3. The molecule has 0 bridgehead atoms. The van der Waals surface area contributed by atoms with E-state index in [1.807, 2.05) is 0 Å². The largest absolute Gasteiger partial charge is 0.465 e. The maximum absolute atomic E-state index is 12.4. The third-order valence-electron chi connectivity index (χ3n) is 3.75. The predicted molar refractivity (Wildman–Crippen MR) is 90.6 cm³/mol. The summed E-state index contributed by atoms with van der Waals surface area (Å²) in [5.74, 6) is -0.608. The number of halogens is 2. The van der Waals surface area contributed by atoms with E-state index in [0.29, 0.717) is 12.8 Å². The van der Waals surface area contributed by atoms with E-state index in [1.54, 1.807) is 0 Å². The molecule has 6 nitrogen and oxygen atoms in total. The van der Waals surface area contributed by atoms with Crippen LogP contribution in [0.2, 0.25) is 5.02 Å². The van der Waals surface area contributed by atoms with Crippen LogP contribution < -0.4 is 10.5 Å². The first-order valence-electron chi connectivity index (χ1n) is 6.99. The van der Waals surface area contributed by atoms with Crippen LogP contribution in [0.4, 0.5) is 0 Å². The fourth-order valence-corrected chi connectivity index (χ4v) is 4.12. The Morgan fingerprint density at radius 3 is 2.43 bits per heavy atom. The molecule has 9 heteroatoms. The molecule has 0 saturated heterocycles. The number of nitrogens with two attached hydrogens (primary N) is 1. The summed E-state index contributed by atoms with van der Waals surface area (Å²) in [7, 11) is -2.44. The van der Waals surface area contributed by atoms with Crippen molar-refractivity contribution < 1.29 is 17.9 Å². The van der Waals surface area contributed by atoms with Crippen LogP contribution in [0.3, 0.4) is 0 Å². The summed E-state index contributed by atoms with van der Waals surface area (Å²) in [6, 6.07) is 3.97. The highest BCUT2D eigenvalue weighted by Crippen LogP contribution is 2.23. The second kappa shape index (κ2) is 8.30. The molecule has 1 saturated carbocycles. The van der Waals surface area contributed by atoms with E-state index in [2.05, 4.69) is 9.46 Å². The Labute approximate surface area is 147 Å². The molecule has 0 amide bonds. The third kappa shape index (κ3) is 5.06. The van der Waals surface area contributed by atoms with Gasteiger partial charge in [0.25, 0.3) is 0 Å². The van der Waals surface area contributed by atoms with Crippen molar-refractivity contribution in [2.75, 3.05) is 7.11 Å². The Balaban J connectivity index is 0.00000264. The van der Waals surface area contributed by atoms with Gasteiger partial charge in [-0.15, -0.1) is 12.4 Å². The minimum Gasteiger partial charge on any atom is -0.465 e. The van der Waals surface area contributed by atoms with Gasteiger partial charge in [0.05, 0.1) is 22.6 Å². The van der Waals surface area contributed by atoms with Crippen molar-refractivity contribution in [1.29, 1.82) is 0 Å². The van der Waals surface area contributed by atoms with Crippen molar-refractivity contribution in [3.05, 3.63) is 28.8 Å². The van der Waals surface area contributed by atoms with Crippen LogP contribution in [0, 0.1) is 0 Å². The number of carbonyl (C=O) groups excluding carboxylic acids is 1. The van der Waals surface area contributed by atoms with Gasteiger partial charge < -0.3 is 10.5 Å². The molecule has 3 N–H and O–H groups in total. The number of carbonyl (C=O) groups is 1. The van der Waals surface area contributed by atoms with Gasteiger partial charge in [0, 0.05) is 12.1 Å². The number of nitrogens with one attached hydrogen (secondary N) is 1. The molecule has 1 fully saturated rings. The first-order valence-corrected chi connectivity index (χ1v) is 8.85. The first-order chi connectivity index (χ1) is 10.3. The van der Waals surface area contributed by atoms with Gasteiger partial charge in [-0.05, 0) is 43.9 Å². The normalized spacial score (nSPS) is 21.3. The van der Waals surface area contributed by atoms with Gasteiger partial charge in [0.2, 0.25) is 10.0 Å². The SMILES string of the molecule is COC(=O)c1ccc(S(=O)(=O)NC2CCC(N)CC2)cc1Cl.Cl. The number of sulfonamides is 1. The van der Waals surface area contributed by atoms with Crippen molar-refractivity contribution >= 4 is 40.0 Å². The van der Waals surface area contributed by atoms with E-state index in [0.717, 1.165) is 12.8 Å². The van der Waals surface area contributed by atoms with E-state index >= 15 is 0 Å². The van der Waals surface area contributed by atoms with Crippen molar-refractivity contribution in [1.82, 2.24) is 4.72 Å². The van der Waals surface area contributed by atoms with Crippen LogP contribution in [-0.2, 0) is 14.8 Å². The summed E-state index contributed by atoms with van der Waals surface area (Å²) in [6.45, 7) is 0. The Bertz CT molecular complexity index is 659. The number of hydrogen-bond donors (Lipinski definition) is 2. The van der Waals surface area contributed by atoms with Gasteiger partial charge >= 0.3 is 5.97 Å². The zero-order valence-corrected chi connectivity index (χ0v) is 15.0. The number of benzene rings is 1. The second-order valence-corrected chi connectivity index (χ2v) is 7.49. The Morgan fingerprint density at radius 1 is 1.30 bits per heavy atom. The van der Waals surface area contributed by atoms with Gasteiger partial charge in [-0.25, -0.2) is 17.9 Å². The van der Waals surface area contributed by atoms with Gasteiger partial charge in [-0.1, -0.05) is 11.6 Å². The van der Waals surface area contributed by atoms with E-state index in [-0.39, 0.29) is 40.0 Å². The minimum atomic E-state index is -3.68. The lowest BCUT2D eigenvalue weighted by molar-refractivity contribution is 0.0601. The summed E-state index contributed by atoms with van der Waals surface area (Å²) < 4.78 is 32.0. The van der Waals surface area contributed by atoms with Crippen LogP contribution in [0.1, 0.15) is 36.0 Å². The van der Waals surface area contributed by atoms with Crippen molar-refractivity contribution in [2.45, 2.75) is 42.7 Å². The van der Waals surface area contributed by atoms with Gasteiger partial charge in [-0.3, -0.25) is 0 Å². The topological polar surface area (TPSA) is 98.5 Å². The predicted octanol–water partition coefficient (Wildman–Crippen LogP) is 2.10. The zero-order valence-electron chi connectivity index (χ0n) is 12.6. The Morgan fingerprint density at radius 2 is 1.91 bits per heavy atom. The lowest BCUT2D eigenvalue weighted by Gasteiger charge is -2.26. The average molecular weight is 383 g/mol. The monoisotopic (exact) mass is 382 g/mol. The van der Waals surface area contributed by atoms with Crippen LogP contribution >= 0.6 is 24.0 Å². The lowest BCUT2D eigenvalue weighted by Crippen LogP contribution is -2.40. The van der Waals surface area contributed by atoms with E-state index < -0.39 is 16.0 Å². The summed E-state index contributed by atoms with van der Waals surface area (Å²) in [5.41, 5.74) is 5.94. The van der Waals surface area contributed by atoms with Crippen molar-refractivity contribution in [3.63, 3.8) is 0 Å². The number of esters is 1. The maximum Gasteiger partial charge on any atom is 0.339 e. The standard InChI is InChI=1S/C14H19ClN2O4S.ClH/c1-21-14(18)12-7-6-11(8-13(12)15)22(19,20)17-10-4-2-9(16)3-5-10;/h6-10,17H,2-5,16H2,1H3;1H. The second-order valence-electron chi connectivity index (χ2n) is 5.37. The summed E-state index contributed by atoms with van der Waals surface area (Å²) in [6.07, 6.45) is 3.03. The molecule has 130 valence electrons. The minimum absolute atomic E-state index is 0. The van der Waals surface area contributed by atoms with Crippen LogP contribution in [-0.4, -0.2) is 33.6 Å². The summed E-state index contributed by atoms with van der Waals surface area (Å²) in [4.78, 5) is 11.5. The molecule has 1 aliphatic carbocycles. The molecule has 1 aromatic rings. The smallest absolute Gasteiger partial charge is 0.339 e. The molecule has 0 aromatic heterocycles. The Kier molecular flexibility index (Phi) is 7.29. The van der Waals surface area contributed by atoms with Crippen molar-refractivity contribution in [2.24, 2.45) is 5.73 Å². The third-order valence-corrected chi connectivity index (χ3v) is 5.58. The fourth-order valence-electron chi connectivity index (χ4n) is 2.46. The van der Waals surface area contributed by atoms with Crippen LogP contribution in [0.5, 0.6) is 0 Å². The molecule has 0 heterocycles. The van der Waals surface area contributed by atoms with Crippen molar-refractivity contribution in [3.8, 4) is 0 Å². The van der Waals surface area contributed by atoms with Gasteiger partial charge in [0.1, 0.15) is 0 Å². The molecular weight excluding hydrogens is 363 g/mol. The highest BCUT2D eigenvalue weighted by atomic mass is 35.5. The lowest BCUT2D eigenvalue weighted by atomic mass is 9.93. The molecule has 0 spiro atoms. The van der Waals surface area contributed by atoms with E-state index in [1.165, 1.54) is 25.3 Å². The molecule has 0 atom stereocenters. The number of rotatable bonds is 4. The highest BCUT2D eigenvalue weighted by Gasteiger charge is 2.25. The fraction of sp³-hybridized carbons (Fsp3) is 0.500. The number of ether oxygens (including phenoxy) is 1. The Hall–Kier alpha value is -0.860. The van der Waals surface area contributed by atoms with Crippen LogP contribution in [0.25, 0.3) is 0 Å². The van der Waals surface area contributed by atoms with E-state index in [9.17, 15) is 13.2 Å². The average Bonchev–Trinajstić information content (AvgIpc) is 2.48. The van der Waals surface area contributed by atoms with Gasteiger partial charge in [-0.2, -0.15) is 0 Å². The highest BCUT2D eigenvalue weighted by molar-refractivity contribution is 7.89. The van der Waals surface area contributed by atoms with Crippen LogP contribution in [0.15, 0.2) is 23.1 Å². The quantitative estimate of drug-likeness (QED) is 0.776. The molecule has 23 heavy (non-hydrogen) atoms. The molecule has 2 rings (SSSR count). The molecule has 1 aromatic carbocycles. The number of methoxy groups -OCH3 is 1. The molecule has 0 radical (unpaired) electrons. The molecule has 0 aliphatic heterocycles. The molecule has 0 unspecified atom stereocenters. The maximum atomic E-state index is 12.4.